The van der Waals surface area contributed by atoms with E-state index in [4.69, 9.17) is 9.15 Å². The van der Waals surface area contributed by atoms with Gasteiger partial charge >= 0.3 is 17.6 Å². The average Bonchev–Trinajstić information content (AvgIpc) is 2.85. The van der Waals surface area contributed by atoms with Crippen LogP contribution in [0.15, 0.2) is 33.5 Å². The van der Waals surface area contributed by atoms with E-state index < -0.39 is 30.1 Å². The van der Waals surface area contributed by atoms with Crippen LogP contribution in [-0.4, -0.2) is 47.8 Å². The number of aryl methyl sites for hydroxylation is 1. The fourth-order valence-corrected chi connectivity index (χ4v) is 2.77. The van der Waals surface area contributed by atoms with E-state index in [0.717, 1.165) is 16.9 Å². The standard InChI is InChI=1S/C18H18N2O6/c1-3-11-4-5-13-12(7-16(22)26-14(13)6-11)10-25-17(23)9-20-15(21)8-19(2)18(20)24/h4-7H,3,8-10H2,1-2H3. The first kappa shape index (κ1) is 17.7. The van der Waals surface area contributed by atoms with Crippen LogP contribution in [0.1, 0.15) is 18.1 Å². The minimum absolute atomic E-state index is 0.0593. The van der Waals surface area contributed by atoms with Crippen LogP contribution in [0.3, 0.4) is 0 Å². The summed E-state index contributed by atoms with van der Waals surface area (Å²) in [5.41, 5.74) is 1.41. The van der Waals surface area contributed by atoms with E-state index in [1.807, 2.05) is 19.1 Å². The molecular weight excluding hydrogens is 340 g/mol. The number of hydrogen-bond acceptors (Lipinski definition) is 6. The Kier molecular flexibility index (Phi) is 4.75. The van der Waals surface area contributed by atoms with E-state index in [1.54, 1.807) is 6.07 Å². The van der Waals surface area contributed by atoms with Crippen LogP contribution >= 0.6 is 0 Å². The molecule has 0 bridgehead atoms. The normalized spacial score (nSPS) is 14.4. The van der Waals surface area contributed by atoms with Crippen molar-refractivity contribution in [1.29, 1.82) is 0 Å². The van der Waals surface area contributed by atoms with Crippen LogP contribution in [0, 0.1) is 0 Å². The van der Waals surface area contributed by atoms with Gasteiger partial charge in [-0.3, -0.25) is 14.5 Å². The molecule has 0 N–H and O–H groups in total. The van der Waals surface area contributed by atoms with Crippen molar-refractivity contribution in [1.82, 2.24) is 9.80 Å². The molecule has 0 radical (unpaired) electrons. The van der Waals surface area contributed by atoms with E-state index >= 15 is 0 Å². The Morgan fingerprint density at radius 3 is 2.65 bits per heavy atom. The highest BCUT2D eigenvalue weighted by Crippen LogP contribution is 2.20. The summed E-state index contributed by atoms with van der Waals surface area (Å²) in [7, 11) is 1.48. The number of rotatable bonds is 5. The summed E-state index contributed by atoms with van der Waals surface area (Å²) in [6.07, 6.45) is 0.797. The third kappa shape index (κ3) is 3.44. The topological polar surface area (TPSA) is 97.1 Å². The first-order chi connectivity index (χ1) is 12.4. The minimum Gasteiger partial charge on any atom is -0.459 e. The number of benzene rings is 1. The lowest BCUT2D eigenvalue weighted by Gasteiger charge is -2.13. The van der Waals surface area contributed by atoms with Gasteiger partial charge in [0.25, 0.3) is 5.91 Å². The van der Waals surface area contributed by atoms with Crippen LogP contribution in [-0.2, 0) is 27.4 Å². The van der Waals surface area contributed by atoms with Crippen LogP contribution in [0.2, 0.25) is 0 Å². The predicted molar refractivity (Wildman–Crippen MR) is 91.4 cm³/mol. The van der Waals surface area contributed by atoms with Crippen molar-refractivity contribution in [3.05, 3.63) is 45.8 Å². The van der Waals surface area contributed by atoms with Gasteiger partial charge in [-0.1, -0.05) is 19.1 Å². The highest BCUT2D eigenvalue weighted by molar-refractivity contribution is 6.03. The fourth-order valence-electron chi connectivity index (χ4n) is 2.77. The Hall–Kier alpha value is -3.16. The van der Waals surface area contributed by atoms with Crippen LogP contribution in [0.4, 0.5) is 4.79 Å². The second kappa shape index (κ2) is 6.99. The van der Waals surface area contributed by atoms with Gasteiger partial charge in [0, 0.05) is 24.1 Å². The van der Waals surface area contributed by atoms with Gasteiger partial charge in [-0.05, 0) is 18.1 Å². The van der Waals surface area contributed by atoms with Crippen molar-refractivity contribution in [3.8, 4) is 0 Å². The summed E-state index contributed by atoms with van der Waals surface area (Å²) in [5.74, 6) is -1.18. The van der Waals surface area contributed by atoms with E-state index in [0.29, 0.717) is 16.5 Å². The molecule has 1 saturated heterocycles. The summed E-state index contributed by atoms with van der Waals surface area (Å²) in [4.78, 5) is 49.3. The summed E-state index contributed by atoms with van der Waals surface area (Å²) in [5, 5.41) is 0.669. The molecule has 0 saturated carbocycles. The van der Waals surface area contributed by atoms with E-state index in [1.165, 1.54) is 18.0 Å². The number of esters is 1. The van der Waals surface area contributed by atoms with E-state index in [2.05, 4.69) is 0 Å². The summed E-state index contributed by atoms with van der Waals surface area (Å²) >= 11 is 0. The molecule has 1 aliphatic heterocycles. The maximum absolute atomic E-state index is 12.0. The van der Waals surface area contributed by atoms with Gasteiger partial charge in [-0.2, -0.15) is 0 Å². The second-order valence-electron chi connectivity index (χ2n) is 6.05. The quantitative estimate of drug-likeness (QED) is 0.454. The van der Waals surface area contributed by atoms with Crippen molar-refractivity contribution in [2.75, 3.05) is 20.1 Å². The zero-order chi connectivity index (χ0) is 18.8. The lowest BCUT2D eigenvalue weighted by atomic mass is 10.1. The molecule has 2 heterocycles. The van der Waals surface area contributed by atoms with Gasteiger partial charge in [0.05, 0.1) is 0 Å². The van der Waals surface area contributed by atoms with Gasteiger partial charge in [0.2, 0.25) is 0 Å². The SMILES string of the molecule is CCc1ccc2c(COC(=O)CN3C(=O)CN(C)C3=O)cc(=O)oc2c1. The molecule has 1 fully saturated rings. The molecule has 136 valence electrons. The van der Waals surface area contributed by atoms with Crippen LogP contribution in [0.25, 0.3) is 11.0 Å². The molecule has 0 unspecified atom stereocenters. The molecule has 0 spiro atoms. The predicted octanol–water partition coefficient (Wildman–Crippen LogP) is 1.29. The molecule has 8 nitrogen and oxygen atoms in total. The number of carbonyl (C=O) groups excluding carboxylic acids is 3. The van der Waals surface area contributed by atoms with E-state index in [-0.39, 0.29) is 13.2 Å². The number of nitrogens with zero attached hydrogens (tertiary/aromatic N) is 2. The third-order valence-corrected chi connectivity index (χ3v) is 4.21. The molecule has 26 heavy (non-hydrogen) atoms. The fraction of sp³-hybridized carbons (Fsp3) is 0.333. The highest BCUT2D eigenvalue weighted by Gasteiger charge is 2.35. The number of ether oxygens (including phenoxy) is 1. The van der Waals surface area contributed by atoms with Crippen molar-refractivity contribution in [2.24, 2.45) is 0 Å². The average molecular weight is 358 g/mol. The molecule has 0 atom stereocenters. The van der Waals surface area contributed by atoms with Crippen molar-refractivity contribution < 1.29 is 23.5 Å². The molecule has 3 amide bonds. The Labute approximate surface area is 148 Å². The Balaban J connectivity index is 1.73. The number of fused-ring (bicyclic) bond motifs is 1. The Bertz CT molecular complexity index is 948. The molecule has 1 aromatic carbocycles. The monoisotopic (exact) mass is 358 g/mol. The summed E-state index contributed by atoms with van der Waals surface area (Å²) in [6, 6.07) is 6.22. The molecule has 8 heteroatoms. The molecule has 0 aliphatic carbocycles. The summed E-state index contributed by atoms with van der Waals surface area (Å²) < 4.78 is 10.4. The maximum Gasteiger partial charge on any atom is 0.336 e. The van der Waals surface area contributed by atoms with Crippen LogP contribution < -0.4 is 5.63 Å². The number of carbonyl (C=O) groups is 3. The summed E-state index contributed by atoms with van der Waals surface area (Å²) in [6.45, 7) is 1.32. The molecular formula is C18H18N2O6. The van der Waals surface area contributed by atoms with Gasteiger partial charge in [0.1, 0.15) is 25.3 Å². The number of amides is 3. The third-order valence-electron chi connectivity index (χ3n) is 4.21. The number of urea groups is 1. The highest BCUT2D eigenvalue weighted by atomic mass is 16.5. The largest absolute Gasteiger partial charge is 0.459 e. The zero-order valence-electron chi connectivity index (χ0n) is 14.5. The lowest BCUT2D eigenvalue weighted by Crippen LogP contribution is -2.36. The first-order valence-electron chi connectivity index (χ1n) is 8.15. The number of hydrogen-bond donors (Lipinski definition) is 0. The van der Waals surface area contributed by atoms with Gasteiger partial charge in [0.15, 0.2) is 0 Å². The first-order valence-corrected chi connectivity index (χ1v) is 8.15. The van der Waals surface area contributed by atoms with Crippen LogP contribution in [0.5, 0.6) is 0 Å². The molecule has 2 aromatic rings. The Morgan fingerprint density at radius 2 is 2.00 bits per heavy atom. The van der Waals surface area contributed by atoms with E-state index in [9.17, 15) is 19.2 Å². The smallest absolute Gasteiger partial charge is 0.336 e. The Morgan fingerprint density at radius 1 is 1.23 bits per heavy atom. The number of likely N-dealkylation sites (N-methyl/N-ethyl adjacent to an activating group) is 1. The zero-order valence-corrected chi connectivity index (χ0v) is 14.5. The van der Waals surface area contributed by atoms with Gasteiger partial charge in [-0.25, -0.2) is 9.59 Å². The van der Waals surface area contributed by atoms with Crippen molar-refractivity contribution in [2.45, 2.75) is 20.0 Å². The van der Waals surface area contributed by atoms with Crippen molar-refractivity contribution in [3.63, 3.8) is 0 Å². The second-order valence-corrected chi connectivity index (χ2v) is 6.05. The van der Waals surface area contributed by atoms with Gasteiger partial charge in [-0.15, -0.1) is 0 Å². The van der Waals surface area contributed by atoms with Gasteiger partial charge < -0.3 is 14.1 Å². The lowest BCUT2D eigenvalue weighted by molar-refractivity contribution is -0.147. The van der Waals surface area contributed by atoms with Crippen molar-refractivity contribution >= 4 is 28.9 Å². The molecule has 1 aromatic heterocycles. The molecule has 3 rings (SSSR count). The molecule has 1 aliphatic rings. The minimum atomic E-state index is -0.728. The number of imide groups is 1. The maximum atomic E-state index is 12.0.